The van der Waals surface area contributed by atoms with Crippen molar-refractivity contribution in [3.63, 3.8) is 0 Å². The lowest BCUT2D eigenvalue weighted by molar-refractivity contribution is -0.147. The summed E-state index contributed by atoms with van der Waals surface area (Å²) in [5.74, 6) is -3.28. The molecule has 0 aromatic heterocycles. The lowest BCUT2D eigenvalue weighted by Gasteiger charge is -2.33. The number of phenolic OH excluding ortho intramolecular Hbond substituents is 1. The van der Waals surface area contributed by atoms with Crippen LogP contribution in [-0.4, -0.2) is 68.8 Å². The molecule has 1 fully saturated rings. The number of nitrogens with zero attached hydrogens (tertiary/aromatic N) is 1. The Morgan fingerprint density at radius 3 is 2.44 bits per heavy atom. The van der Waals surface area contributed by atoms with E-state index < -0.39 is 58.0 Å². The van der Waals surface area contributed by atoms with Crippen LogP contribution in [0.1, 0.15) is 46.5 Å². The van der Waals surface area contributed by atoms with E-state index in [1.807, 2.05) is 13.8 Å². The number of aliphatic hydroxyl groups is 1. The Morgan fingerprint density at radius 1 is 1.09 bits per heavy atom. The van der Waals surface area contributed by atoms with Gasteiger partial charge in [-0.25, -0.2) is 8.78 Å². The lowest BCUT2D eigenvalue weighted by Crippen LogP contribution is -2.58. The first-order valence-corrected chi connectivity index (χ1v) is 15.3. The van der Waals surface area contributed by atoms with Crippen molar-refractivity contribution >= 4 is 29.5 Å². The van der Waals surface area contributed by atoms with Crippen molar-refractivity contribution < 1.29 is 38.1 Å². The fraction of sp³-hybridized carbons (Fsp3) is 0.364. The van der Waals surface area contributed by atoms with Gasteiger partial charge in [-0.05, 0) is 87.2 Å². The van der Waals surface area contributed by atoms with Crippen LogP contribution in [0.5, 0.6) is 11.5 Å². The van der Waals surface area contributed by atoms with Crippen LogP contribution in [0.3, 0.4) is 0 Å². The van der Waals surface area contributed by atoms with Crippen molar-refractivity contribution in [3.8, 4) is 11.5 Å². The third-order valence-electron chi connectivity index (χ3n) is 8.03. The first-order valence-electron chi connectivity index (χ1n) is 14.3. The third-order valence-corrected chi connectivity index (χ3v) is 9.41. The van der Waals surface area contributed by atoms with Gasteiger partial charge in [0.1, 0.15) is 17.6 Å². The van der Waals surface area contributed by atoms with Gasteiger partial charge in [-0.15, -0.1) is 11.8 Å². The Labute approximate surface area is 265 Å². The molecule has 4 rings (SSSR count). The molecule has 3 aromatic rings. The predicted molar refractivity (Wildman–Crippen MR) is 167 cm³/mol. The van der Waals surface area contributed by atoms with Gasteiger partial charge in [-0.2, -0.15) is 0 Å². The zero-order valence-electron chi connectivity index (χ0n) is 25.7. The Kier molecular flexibility index (Phi) is 10.4. The van der Waals surface area contributed by atoms with Crippen molar-refractivity contribution in [2.75, 3.05) is 13.0 Å². The van der Waals surface area contributed by atoms with Gasteiger partial charge in [0.15, 0.2) is 17.7 Å². The Hall–Kier alpha value is -4.16. The number of benzene rings is 3. The Morgan fingerprint density at radius 2 is 1.78 bits per heavy atom. The number of carbonyl (C=O) groups excluding carboxylic acids is 3. The summed E-state index contributed by atoms with van der Waals surface area (Å²) in [6.07, 6.45) is -1.75. The fourth-order valence-electron chi connectivity index (χ4n) is 5.28. The van der Waals surface area contributed by atoms with Gasteiger partial charge in [0.25, 0.3) is 11.8 Å². The number of aliphatic hydroxyl groups excluding tert-OH is 1. The molecule has 1 unspecified atom stereocenters. The number of amides is 3. The molecule has 1 heterocycles. The van der Waals surface area contributed by atoms with Crippen LogP contribution in [0, 0.1) is 25.5 Å². The Balaban J connectivity index is 1.59. The van der Waals surface area contributed by atoms with Crippen molar-refractivity contribution in [3.05, 3.63) is 94.0 Å². The van der Waals surface area contributed by atoms with Crippen LogP contribution in [0.25, 0.3) is 0 Å². The number of aromatic hydroxyl groups is 1. The molecule has 4 N–H and O–H groups in total. The summed E-state index contributed by atoms with van der Waals surface area (Å²) in [6.45, 7) is 6.86. The number of carbonyl (C=O) groups is 3. The molecule has 0 spiro atoms. The van der Waals surface area contributed by atoms with Crippen molar-refractivity contribution in [1.82, 2.24) is 15.5 Å². The maximum Gasteiger partial charge on any atom is 0.254 e. The van der Waals surface area contributed by atoms with E-state index in [1.54, 1.807) is 37.3 Å². The first-order chi connectivity index (χ1) is 21.2. The summed E-state index contributed by atoms with van der Waals surface area (Å²) in [5, 5.41) is 27.0. The molecular formula is C33H37F2N3O6S. The standard InChI is InChI=1S/C33H37F2N3O6S/c1-18-6-9-22(34)15-21(18)16-36-31(42)29-33(3,4)45-17-38(29)32(43)28(40)26(14-20-7-10-23(44-5)11-8-20)37-30(41)24-12-13-25(35)27(39)19(24)2/h6-13,15,26,28-29,39-40H,14,16-17H2,1-5H3,(H,36,42)(H,37,41)/t26-,28-,29?/m0/s1. The number of hydrogen-bond donors (Lipinski definition) is 4. The molecule has 45 heavy (non-hydrogen) atoms. The van der Waals surface area contributed by atoms with E-state index in [-0.39, 0.29) is 30.0 Å². The molecule has 0 radical (unpaired) electrons. The number of aryl methyl sites for hydroxylation is 1. The normalized spacial score (nSPS) is 17.0. The van der Waals surface area contributed by atoms with Gasteiger partial charge >= 0.3 is 0 Å². The molecular weight excluding hydrogens is 604 g/mol. The monoisotopic (exact) mass is 641 g/mol. The molecule has 3 aromatic carbocycles. The second-order valence-electron chi connectivity index (χ2n) is 11.5. The summed E-state index contributed by atoms with van der Waals surface area (Å²) in [6, 6.07) is 11.2. The molecule has 3 atom stereocenters. The van der Waals surface area contributed by atoms with Gasteiger partial charge in [0, 0.05) is 22.4 Å². The van der Waals surface area contributed by atoms with E-state index >= 15 is 0 Å². The van der Waals surface area contributed by atoms with E-state index in [9.17, 15) is 33.4 Å². The molecule has 3 amide bonds. The number of halogens is 2. The summed E-state index contributed by atoms with van der Waals surface area (Å²) >= 11 is 1.36. The molecule has 0 saturated carbocycles. The van der Waals surface area contributed by atoms with Gasteiger partial charge in [-0.3, -0.25) is 14.4 Å². The molecule has 1 saturated heterocycles. The predicted octanol–water partition coefficient (Wildman–Crippen LogP) is 3.99. The smallest absolute Gasteiger partial charge is 0.254 e. The van der Waals surface area contributed by atoms with Crippen molar-refractivity contribution in [2.45, 2.75) is 63.6 Å². The number of ether oxygens (including phenoxy) is 1. The summed E-state index contributed by atoms with van der Waals surface area (Å²) in [4.78, 5) is 42.0. The average molecular weight is 642 g/mol. The van der Waals surface area contributed by atoms with Crippen molar-refractivity contribution in [2.24, 2.45) is 0 Å². The minimum atomic E-state index is -1.78. The second-order valence-corrected chi connectivity index (χ2v) is 13.1. The van der Waals surface area contributed by atoms with Gasteiger partial charge in [0.2, 0.25) is 5.91 Å². The van der Waals surface area contributed by atoms with Crippen LogP contribution in [-0.2, 0) is 22.6 Å². The SMILES string of the molecule is COc1ccc(C[C@H](NC(=O)c2ccc(F)c(O)c2C)[C@H](O)C(=O)N2CSC(C)(C)C2C(=O)NCc2cc(F)ccc2C)cc1. The highest BCUT2D eigenvalue weighted by atomic mass is 32.2. The van der Waals surface area contributed by atoms with Crippen molar-refractivity contribution in [1.29, 1.82) is 0 Å². The van der Waals surface area contributed by atoms with E-state index in [2.05, 4.69) is 10.6 Å². The van der Waals surface area contributed by atoms with Crippen LogP contribution < -0.4 is 15.4 Å². The molecule has 1 aliphatic rings. The van der Waals surface area contributed by atoms with Crippen LogP contribution in [0.2, 0.25) is 0 Å². The van der Waals surface area contributed by atoms with Gasteiger partial charge < -0.3 is 30.5 Å². The van der Waals surface area contributed by atoms with Crippen LogP contribution >= 0.6 is 11.8 Å². The second kappa shape index (κ2) is 13.9. The van der Waals surface area contributed by atoms with Gasteiger partial charge in [-0.1, -0.05) is 18.2 Å². The molecule has 1 aliphatic heterocycles. The third kappa shape index (κ3) is 7.56. The van der Waals surface area contributed by atoms with E-state index in [4.69, 9.17) is 4.74 Å². The summed E-state index contributed by atoms with van der Waals surface area (Å²) in [5.41, 5.74) is 2.02. The maximum atomic E-state index is 13.9. The zero-order valence-corrected chi connectivity index (χ0v) is 26.5. The molecule has 240 valence electrons. The highest BCUT2D eigenvalue weighted by Gasteiger charge is 2.49. The largest absolute Gasteiger partial charge is 0.505 e. The van der Waals surface area contributed by atoms with Crippen LogP contribution in [0.4, 0.5) is 8.78 Å². The minimum absolute atomic E-state index is 0.000486. The maximum absolute atomic E-state index is 13.9. The van der Waals surface area contributed by atoms with E-state index in [1.165, 1.54) is 48.9 Å². The zero-order chi connectivity index (χ0) is 33.1. The number of phenols is 1. The summed E-state index contributed by atoms with van der Waals surface area (Å²) < 4.78 is 32.2. The highest BCUT2D eigenvalue weighted by molar-refractivity contribution is 8.00. The van der Waals surface area contributed by atoms with Crippen LogP contribution in [0.15, 0.2) is 54.6 Å². The summed E-state index contributed by atoms with van der Waals surface area (Å²) in [7, 11) is 1.52. The number of nitrogens with one attached hydrogen (secondary N) is 2. The fourth-order valence-corrected chi connectivity index (χ4v) is 6.42. The molecule has 0 bridgehead atoms. The molecule has 0 aliphatic carbocycles. The number of methoxy groups -OCH3 is 1. The minimum Gasteiger partial charge on any atom is -0.505 e. The topological polar surface area (TPSA) is 128 Å². The Bertz CT molecular complexity index is 1580. The quantitative estimate of drug-likeness (QED) is 0.264. The number of rotatable bonds is 10. The number of hydrogen-bond acceptors (Lipinski definition) is 7. The number of thioether (sulfide) groups is 1. The highest BCUT2D eigenvalue weighted by Crippen LogP contribution is 2.40. The lowest BCUT2D eigenvalue weighted by atomic mass is 9.96. The van der Waals surface area contributed by atoms with E-state index in [0.717, 1.165) is 11.6 Å². The van der Waals surface area contributed by atoms with Gasteiger partial charge in [0.05, 0.1) is 19.0 Å². The average Bonchev–Trinajstić information content (AvgIpc) is 3.34. The first kappa shape index (κ1) is 33.7. The molecule has 9 nitrogen and oxygen atoms in total. The molecule has 12 heteroatoms. The van der Waals surface area contributed by atoms with E-state index in [0.29, 0.717) is 16.9 Å².